The Hall–Kier alpha value is -1.93. The Labute approximate surface area is 110 Å². The van der Waals surface area contributed by atoms with Crippen molar-refractivity contribution in [2.24, 2.45) is 11.8 Å². The number of hydrogen-bond donors (Lipinski definition) is 3. The number of hydrazine groups is 1. The number of nitrogen functional groups attached to an aromatic ring is 1. The third kappa shape index (κ3) is 2.45. The first-order valence-corrected chi connectivity index (χ1v) is 6.08. The van der Waals surface area contributed by atoms with Gasteiger partial charge in [-0.25, -0.2) is 10.8 Å². The van der Waals surface area contributed by atoms with Gasteiger partial charge in [-0.05, 0) is 18.4 Å². The van der Waals surface area contributed by atoms with Gasteiger partial charge in [-0.2, -0.15) is 0 Å². The molecule has 104 valence electrons. The van der Waals surface area contributed by atoms with E-state index in [9.17, 15) is 15.2 Å². The molecule has 0 aromatic carbocycles. The molecule has 8 heteroatoms. The number of nitrogens with one attached hydrogen (secondary N) is 1. The molecule has 0 spiro atoms. The van der Waals surface area contributed by atoms with Crippen LogP contribution in [0.15, 0.2) is 12.1 Å². The average Bonchev–Trinajstić information content (AvgIpc) is 2.78. The zero-order valence-electron chi connectivity index (χ0n) is 10.6. The molecule has 19 heavy (non-hydrogen) atoms. The maximum atomic E-state index is 11.1. The van der Waals surface area contributed by atoms with Gasteiger partial charge in [0.15, 0.2) is 0 Å². The minimum Gasteiger partial charge on any atom is -0.394 e. The van der Waals surface area contributed by atoms with Crippen LogP contribution in [0.5, 0.6) is 0 Å². The van der Waals surface area contributed by atoms with E-state index in [1.807, 2.05) is 6.92 Å². The first-order valence-electron chi connectivity index (χ1n) is 6.08. The monoisotopic (exact) mass is 267 g/mol. The highest BCUT2D eigenvalue weighted by molar-refractivity contribution is 5.62. The third-order valence-electron chi connectivity index (χ3n) is 3.54. The summed E-state index contributed by atoms with van der Waals surface area (Å²) >= 11 is 0. The van der Waals surface area contributed by atoms with Crippen LogP contribution in [0.1, 0.15) is 13.3 Å². The number of nitrogens with two attached hydrogens (primary N) is 1. The zero-order valence-corrected chi connectivity index (χ0v) is 10.6. The smallest absolute Gasteiger partial charge is 0.311 e. The number of rotatable bonds is 4. The highest BCUT2D eigenvalue weighted by Crippen LogP contribution is 2.34. The standard InChI is InChI=1S/C11H17N5O3/c1-7-4-5-15(9(7)6-17)11-8(16(18)19)2-3-10(13-11)14-12/h2-3,7,9,17H,4-6,12H2,1H3,(H,13,14). The van der Waals surface area contributed by atoms with Crippen molar-refractivity contribution >= 4 is 17.3 Å². The van der Waals surface area contributed by atoms with E-state index < -0.39 is 4.92 Å². The van der Waals surface area contributed by atoms with Gasteiger partial charge < -0.3 is 15.4 Å². The summed E-state index contributed by atoms with van der Waals surface area (Å²) in [5.41, 5.74) is 2.30. The van der Waals surface area contributed by atoms with Crippen LogP contribution in [0.25, 0.3) is 0 Å². The summed E-state index contributed by atoms with van der Waals surface area (Å²) < 4.78 is 0. The molecule has 0 amide bonds. The maximum Gasteiger partial charge on any atom is 0.311 e. The number of nitrogens with zero attached hydrogens (tertiary/aromatic N) is 3. The lowest BCUT2D eigenvalue weighted by Gasteiger charge is -2.26. The van der Waals surface area contributed by atoms with Crippen molar-refractivity contribution < 1.29 is 10.0 Å². The molecule has 1 aromatic rings. The normalized spacial score (nSPS) is 22.6. The maximum absolute atomic E-state index is 11.1. The van der Waals surface area contributed by atoms with Gasteiger partial charge in [0, 0.05) is 12.6 Å². The van der Waals surface area contributed by atoms with Gasteiger partial charge in [0.25, 0.3) is 0 Å². The first kappa shape index (κ1) is 13.5. The summed E-state index contributed by atoms with van der Waals surface area (Å²) in [5, 5.41) is 20.5. The highest BCUT2D eigenvalue weighted by atomic mass is 16.6. The molecule has 1 aliphatic rings. The molecule has 2 rings (SSSR count). The predicted molar refractivity (Wildman–Crippen MR) is 70.7 cm³/mol. The second kappa shape index (κ2) is 5.37. The van der Waals surface area contributed by atoms with Crippen molar-refractivity contribution in [3.63, 3.8) is 0 Å². The second-order valence-corrected chi connectivity index (χ2v) is 4.65. The van der Waals surface area contributed by atoms with Crippen molar-refractivity contribution in [2.75, 3.05) is 23.5 Å². The zero-order chi connectivity index (χ0) is 14.0. The molecular weight excluding hydrogens is 250 g/mol. The third-order valence-corrected chi connectivity index (χ3v) is 3.54. The minimum atomic E-state index is -0.472. The largest absolute Gasteiger partial charge is 0.394 e. The van der Waals surface area contributed by atoms with Crippen LogP contribution in [0.4, 0.5) is 17.3 Å². The SMILES string of the molecule is CC1CCN(c2nc(NN)ccc2[N+](=O)[O-])C1CO. The van der Waals surface area contributed by atoms with Crippen LogP contribution >= 0.6 is 0 Å². The van der Waals surface area contributed by atoms with E-state index in [4.69, 9.17) is 5.84 Å². The molecule has 1 saturated heterocycles. The van der Waals surface area contributed by atoms with Crippen molar-refractivity contribution in [3.8, 4) is 0 Å². The molecule has 1 aromatic heterocycles. The Morgan fingerprint density at radius 3 is 3.00 bits per heavy atom. The molecule has 2 unspecified atom stereocenters. The minimum absolute atomic E-state index is 0.0553. The highest BCUT2D eigenvalue weighted by Gasteiger charge is 2.35. The summed E-state index contributed by atoms with van der Waals surface area (Å²) in [4.78, 5) is 16.6. The molecular formula is C11H17N5O3. The fourth-order valence-electron chi connectivity index (χ4n) is 2.42. The van der Waals surface area contributed by atoms with Crippen molar-refractivity contribution in [1.29, 1.82) is 0 Å². The molecule has 8 nitrogen and oxygen atoms in total. The Morgan fingerprint density at radius 1 is 1.68 bits per heavy atom. The van der Waals surface area contributed by atoms with E-state index in [2.05, 4.69) is 10.4 Å². The molecule has 2 heterocycles. The molecule has 0 radical (unpaired) electrons. The molecule has 0 saturated carbocycles. The Balaban J connectivity index is 2.44. The van der Waals surface area contributed by atoms with Crippen LogP contribution in [0.2, 0.25) is 0 Å². The molecule has 1 fully saturated rings. The van der Waals surface area contributed by atoms with Crippen LogP contribution < -0.4 is 16.2 Å². The topological polar surface area (TPSA) is 118 Å². The predicted octanol–water partition coefficient (Wildman–Crippen LogP) is 0.482. The fraction of sp³-hybridized carbons (Fsp3) is 0.545. The van der Waals surface area contributed by atoms with Crippen molar-refractivity contribution in [1.82, 2.24) is 4.98 Å². The van der Waals surface area contributed by atoms with E-state index in [1.54, 1.807) is 4.90 Å². The van der Waals surface area contributed by atoms with Gasteiger partial charge in [-0.3, -0.25) is 10.1 Å². The molecule has 0 bridgehead atoms. The van der Waals surface area contributed by atoms with E-state index in [-0.39, 0.29) is 30.1 Å². The first-order chi connectivity index (χ1) is 9.08. The lowest BCUT2D eigenvalue weighted by Crippen LogP contribution is -2.36. The number of aliphatic hydroxyl groups is 1. The summed E-state index contributed by atoms with van der Waals surface area (Å²) in [7, 11) is 0. The second-order valence-electron chi connectivity index (χ2n) is 4.65. The number of anilines is 2. The molecule has 2 atom stereocenters. The number of aromatic nitrogens is 1. The van der Waals surface area contributed by atoms with E-state index in [0.29, 0.717) is 12.4 Å². The van der Waals surface area contributed by atoms with Crippen LogP contribution in [-0.2, 0) is 0 Å². The van der Waals surface area contributed by atoms with Crippen LogP contribution in [-0.4, -0.2) is 34.2 Å². The summed E-state index contributed by atoms with van der Waals surface area (Å²) in [6, 6.07) is 2.67. The van der Waals surface area contributed by atoms with Crippen molar-refractivity contribution in [3.05, 3.63) is 22.2 Å². The van der Waals surface area contributed by atoms with Crippen LogP contribution in [0, 0.1) is 16.0 Å². The van der Waals surface area contributed by atoms with E-state index >= 15 is 0 Å². The lowest BCUT2D eigenvalue weighted by atomic mass is 10.0. The van der Waals surface area contributed by atoms with Gasteiger partial charge in [-0.15, -0.1) is 0 Å². The quantitative estimate of drug-likeness (QED) is 0.412. The number of pyridine rings is 1. The number of hydrogen-bond acceptors (Lipinski definition) is 7. The van der Waals surface area contributed by atoms with Crippen molar-refractivity contribution in [2.45, 2.75) is 19.4 Å². The molecule has 0 aliphatic carbocycles. The van der Waals surface area contributed by atoms with E-state index in [0.717, 1.165) is 6.42 Å². The van der Waals surface area contributed by atoms with Gasteiger partial charge in [-0.1, -0.05) is 6.92 Å². The van der Waals surface area contributed by atoms with E-state index in [1.165, 1.54) is 12.1 Å². The summed E-state index contributed by atoms with van der Waals surface area (Å²) in [6.07, 6.45) is 0.865. The summed E-state index contributed by atoms with van der Waals surface area (Å²) in [5.74, 6) is 6.16. The van der Waals surface area contributed by atoms with Gasteiger partial charge in [0.1, 0.15) is 5.82 Å². The number of aliphatic hydroxyl groups excluding tert-OH is 1. The average molecular weight is 267 g/mol. The number of nitro groups is 1. The lowest BCUT2D eigenvalue weighted by molar-refractivity contribution is -0.384. The Kier molecular flexibility index (Phi) is 3.82. The van der Waals surface area contributed by atoms with Crippen LogP contribution in [0.3, 0.4) is 0 Å². The van der Waals surface area contributed by atoms with Gasteiger partial charge >= 0.3 is 5.69 Å². The fourth-order valence-corrected chi connectivity index (χ4v) is 2.42. The molecule has 1 aliphatic heterocycles. The Morgan fingerprint density at radius 2 is 2.42 bits per heavy atom. The van der Waals surface area contributed by atoms with Gasteiger partial charge in [0.05, 0.1) is 17.6 Å². The summed E-state index contributed by atoms with van der Waals surface area (Å²) in [6.45, 7) is 2.59. The molecule has 4 N–H and O–H groups in total. The van der Waals surface area contributed by atoms with Gasteiger partial charge in [0.2, 0.25) is 5.82 Å². The Bertz CT molecular complexity index is 481.